The number of carbonyl (C=O) groups is 1. The first-order valence-electron chi connectivity index (χ1n) is 12.0. The predicted molar refractivity (Wildman–Crippen MR) is 121 cm³/mol. The van der Waals surface area contributed by atoms with E-state index in [2.05, 4.69) is 35.7 Å². The van der Waals surface area contributed by atoms with Gasteiger partial charge in [0.05, 0.1) is 11.9 Å². The third kappa shape index (κ3) is 4.60. The van der Waals surface area contributed by atoms with E-state index >= 15 is 4.39 Å². The summed E-state index contributed by atoms with van der Waals surface area (Å²) < 4.78 is 62.9. The number of amides is 1. The number of aromatic nitrogens is 5. The molecule has 0 saturated heterocycles. The maximum Gasteiger partial charge on any atom is 0.522 e. The number of hydrogen-bond acceptors (Lipinski definition) is 8. The molecular weight excluding hydrogens is 512 g/mol. The molecule has 4 aliphatic carbocycles. The number of carbonyl (C=O) groups excluding carboxylic acids is 1. The smallest absolute Gasteiger partial charge is 0.443 e. The number of nitrogens with one attached hydrogen (secondary N) is 3. The van der Waals surface area contributed by atoms with Crippen LogP contribution < -0.4 is 10.6 Å². The number of fused-ring (bicyclic) bond motifs is 1. The molecule has 3 heterocycles. The number of aromatic amines is 1. The van der Waals surface area contributed by atoms with Crippen LogP contribution in [0.5, 0.6) is 0 Å². The lowest BCUT2D eigenvalue weighted by atomic mass is 9.50. The van der Waals surface area contributed by atoms with Crippen LogP contribution in [0, 0.1) is 17.2 Å². The van der Waals surface area contributed by atoms with Crippen LogP contribution in [0.4, 0.5) is 34.0 Å². The van der Waals surface area contributed by atoms with E-state index in [9.17, 15) is 23.2 Å². The van der Waals surface area contributed by atoms with Gasteiger partial charge in [-0.05, 0) is 44.1 Å². The van der Waals surface area contributed by atoms with Gasteiger partial charge in [0.2, 0.25) is 0 Å². The van der Waals surface area contributed by atoms with Crippen molar-refractivity contribution in [2.75, 3.05) is 5.32 Å². The third-order valence-electron chi connectivity index (χ3n) is 7.41. The molecule has 4 saturated carbocycles. The van der Waals surface area contributed by atoms with Crippen molar-refractivity contribution < 1.29 is 31.8 Å². The van der Waals surface area contributed by atoms with Gasteiger partial charge in [0.25, 0.3) is 0 Å². The number of alkyl carbamates (subject to hydrolysis) is 1. The highest BCUT2D eigenvalue weighted by molar-refractivity contribution is 5.73. The van der Waals surface area contributed by atoms with Crippen LogP contribution in [-0.2, 0) is 16.1 Å². The fourth-order valence-electron chi connectivity index (χ4n) is 5.51. The average Bonchev–Trinajstić information content (AvgIpc) is 3.53. The van der Waals surface area contributed by atoms with E-state index in [0.717, 1.165) is 19.3 Å². The zero-order valence-corrected chi connectivity index (χ0v) is 19.8. The van der Waals surface area contributed by atoms with Crippen LogP contribution in [0.1, 0.15) is 55.1 Å². The van der Waals surface area contributed by atoms with Crippen LogP contribution >= 0.6 is 0 Å². The highest BCUT2D eigenvalue weighted by atomic mass is 19.4. The summed E-state index contributed by atoms with van der Waals surface area (Å²) in [5.41, 5.74) is 0.534. The Morgan fingerprint density at radius 3 is 2.76 bits per heavy atom. The normalized spacial score (nSPS) is 27.9. The second-order valence-electron chi connectivity index (χ2n) is 10.1. The van der Waals surface area contributed by atoms with Gasteiger partial charge in [-0.1, -0.05) is 0 Å². The number of nitrogens with zero attached hydrogens (tertiary/aromatic N) is 5. The summed E-state index contributed by atoms with van der Waals surface area (Å²) in [6, 6.07) is 4.77. The standard InChI is InChI=1S/C23H22F4N8O3/c24-19-14(1-2-17(19)38-21(36)31-22-5-11(6-22)7-22)15-4-18(33-32-15)30-20-16-3-12(10-37-23(25,26)27)34-35(16)9-13(8-28)29-20/h3-4,9,11,14,17,19H,1-2,5-7,10H2,(H,31,36)(H2,29,30,32,33)/t11?,14-,17-,19-,22?/m0/s1. The number of ether oxygens (including phenoxy) is 2. The summed E-state index contributed by atoms with van der Waals surface area (Å²) >= 11 is 0. The van der Waals surface area contributed by atoms with Crippen LogP contribution in [0.2, 0.25) is 0 Å². The van der Waals surface area contributed by atoms with E-state index in [-0.39, 0.29) is 34.1 Å². The molecule has 3 aromatic heterocycles. The van der Waals surface area contributed by atoms with E-state index in [1.54, 1.807) is 6.07 Å². The second kappa shape index (κ2) is 8.83. The topological polar surface area (TPSA) is 142 Å². The quantitative estimate of drug-likeness (QED) is 0.387. The maximum absolute atomic E-state index is 15.2. The first-order valence-corrected chi connectivity index (χ1v) is 12.0. The molecule has 200 valence electrons. The van der Waals surface area contributed by atoms with E-state index < -0.39 is 37.3 Å². The molecule has 0 spiro atoms. The van der Waals surface area contributed by atoms with Gasteiger partial charge in [0.15, 0.2) is 17.3 Å². The second-order valence-corrected chi connectivity index (χ2v) is 10.1. The molecular formula is C23H22F4N8O3. The number of anilines is 2. The minimum absolute atomic E-state index is 0.0275. The van der Waals surface area contributed by atoms with Crippen LogP contribution in [-0.4, -0.2) is 55.1 Å². The molecule has 0 aliphatic heterocycles. The van der Waals surface area contributed by atoms with Gasteiger partial charge in [-0.15, -0.1) is 13.2 Å². The Labute approximate surface area is 212 Å². The van der Waals surface area contributed by atoms with Crippen molar-refractivity contribution in [1.82, 2.24) is 30.1 Å². The van der Waals surface area contributed by atoms with Crippen LogP contribution in [0.15, 0.2) is 18.3 Å². The fraction of sp³-hybridized carbons (Fsp3) is 0.522. The monoisotopic (exact) mass is 534 g/mol. The molecule has 2 bridgehead atoms. The lowest BCUT2D eigenvalue weighted by Gasteiger charge is -2.61. The van der Waals surface area contributed by atoms with E-state index in [1.807, 2.05) is 6.07 Å². The predicted octanol–water partition coefficient (Wildman–Crippen LogP) is 3.97. The summed E-state index contributed by atoms with van der Waals surface area (Å²) in [5, 5.41) is 26.0. The molecule has 3 aromatic rings. The molecule has 11 nitrogen and oxygen atoms in total. The zero-order chi connectivity index (χ0) is 26.7. The minimum Gasteiger partial charge on any atom is -0.443 e. The van der Waals surface area contributed by atoms with Gasteiger partial charge in [0.1, 0.15) is 30.5 Å². The maximum atomic E-state index is 15.2. The Morgan fingerprint density at radius 1 is 1.29 bits per heavy atom. The van der Waals surface area contributed by atoms with Gasteiger partial charge in [-0.2, -0.15) is 15.5 Å². The highest BCUT2D eigenvalue weighted by Crippen LogP contribution is 2.57. The van der Waals surface area contributed by atoms with Crippen molar-refractivity contribution in [3.8, 4) is 6.07 Å². The van der Waals surface area contributed by atoms with Gasteiger partial charge in [0, 0.05) is 23.2 Å². The first kappa shape index (κ1) is 24.4. The van der Waals surface area contributed by atoms with Crippen molar-refractivity contribution in [2.24, 2.45) is 5.92 Å². The molecule has 7 rings (SSSR count). The summed E-state index contributed by atoms with van der Waals surface area (Å²) in [6.07, 6.45) is -2.77. The molecule has 4 aliphatic rings. The van der Waals surface area contributed by atoms with Crippen molar-refractivity contribution in [2.45, 2.75) is 68.8 Å². The van der Waals surface area contributed by atoms with E-state index in [1.165, 1.54) is 16.8 Å². The minimum atomic E-state index is -4.82. The van der Waals surface area contributed by atoms with Crippen molar-refractivity contribution >= 4 is 23.2 Å². The summed E-state index contributed by atoms with van der Waals surface area (Å²) in [7, 11) is 0. The summed E-state index contributed by atoms with van der Waals surface area (Å²) in [5.74, 6) is 0.473. The van der Waals surface area contributed by atoms with Crippen LogP contribution in [0.3, 0.4) is 0 Å². The molecule has 38 heavy (non-hydrogen) atoms. The molecule has 15 heteroatoms. The van der Waals surface area contributed by atoms with Gasteiger partial charge in [-0.3, -0.25) is 9.84 Å². The molecule has 3 atom stereocenters. The van der Waals surface area contributed by atoms with E-state index in [0.29, 0.717) is 24.5 Å². The van der Waals surface area contributed by atoms with Gasteiger partial charge in [-0.25, -0.2) is 18.7 Å². The van der Waals surface area contributed by atoms with Gasteiger partial charge < -0.3 is 15.4 Å². The lowest BCUT2D eigenvalue weighted by molar-refractivity contribution is -0.330. The zero-order valence-electron chi connectivity index (χ0n) is 19.8. The van der Waals surface area contributed by atoms with Crippen molar-refractivity contribution in [3.05, 3.63) is 35.4 Å². The van der Waals surface area contributed by atoms with Crippen LogP contribution in [0.25, 0.3) is 5.52 Å². The Morgan fingerprint density at radius 2 is 2.08 bits per heavy atom. The number of halogens is 4. The number of H-pyrrole nitrogens is 1. The lowest BCUT2D eigenvalue weighted by Crippen LogP contribution is -2.68. The summed E-state index contributed by atoms with van der Waals surface area (Å²) in [6.45, 7) is -0.818. The molecule has 0 unspecified atom stereocenters. The first-order chi connectivity index (χ1) is 18.1. The highest BCUT2D eigenvalue weighted by Gasteiger charge is 2.58. The SMILES string of the molecule is N#Cc1cn2nc(COC(F)(F)F)cc2c(Nc2cc([C@@H]3CC[C@H](OC(=O)NC45CC(C4)C5)[C@H]3F)[nH]n2)n1. The fourth-order valence-corrected chi connectivity index (χ4v) is 5.51. The Balaban J connectivity index is 1.13. The largest absolute Gasteiger partial charge is 0.522 e. The third-order valence-corrected chi connectivity index (χ3v) is 7.41. The molecule has 1 amide bonds. The van der Waals surface area contributed by atoms with Crippen molar-refractivity contribution in [3.63, 3.8) is 0 Å². The molecule has 4 fully saturated rings. The molecule has 3 N–H and O–H groups in total. The number of rotatable bonds is 7. The van der Waals surface area contributed by atoms with E-state index in [4.69, 9.17) is 4.74 Å². The Hall–Kier alpha value is -3.93. The summed E-state index contributed by atoms with van der Waals surface area (Å²) in [4.78, 5) is 16.4. The number of hydrogen-bond donors (Lipinski definition) is 3. The average molecular weight is 534 g/mol. The Bertz CT molecular complexity index is 1410. The van der Waals surface area contributed by atoms with Gasteiger partial charge >= 0.3 is 12.5 Å². The number of nitriles is 1. The molecule has 0 radical (unpaired) electrons. The Kier molecular flexibility index (Phi) is 5.67. The van der Waals surface area contributed by atoms with Crippen molar-refractivity contribution in [1.29, 1.82) is 5.26 Å². The number of alkyl halides is 4. The molecule has 0 aromatic carbocycles.